The predicted octanol–water partition coefficient (Wildman–Crippen LogP) is 4.40. The van der Waals surface area contributed by atoms with Crippen LogP contribution in [0.4, 0.5) is 11.4 Å². The standard InChI is InChI=1S/C34H29N3O9S2/c1-3-45-32(42)18-9-13-20(14-10-18)35-24(39)17-36-31-28(48-34(36)44)25(22-7-5-6-8-23(22)38)26-27(47-31)30(41)37(29(26)40)21-15-11-19(12-16-21)33(43)46-4-2/h5-16,25-27,38H,3-4,17H2,1-2H3,(H,35,39)/t25-,26?,27?/m0/s1. The number of ether oxygens (including phenoxy) is 2. The molecule has 48 heavy (non-hydrogen) atoms. The van der Waals surface area contributed by atoms with E-state index in [0.29, 0.717) is 26.7 Å². The number of thioether (sulfide) groups is 1. The molecular formula is C34H29N3O9S2. The van der Waals surface area contributed by atoms with Gasteiger partial charge in [-0.25, -0.2) is 14.5 Å². The Kier molecular flexibility index (Phi) is 9.20. The summed E-state index contributed by atoms with van der Waals surface area (Å²) in [6.07, 6.45) is 0. The van der Waals surface area contributed by atoms with Crippen molar-refractivity contribution in [3.8, 4) is 5.75 Å². The number of rotatable bonds is 9. The molecule has 246 valence electrons. The summed E-state index contributed by atoms with van der Waals surface area (Å²) in [6.45, 7) is 3.42. The Labute approximate surface area is 282 Å². The zero-order valence-corrected chi connectivity index (χ0v) is 27.3. The first kappa shape index (κ1) is 32.7. The zero-order chi connectivity index (χ0) is 34.1. The number of anilines is 2. The van der Waals surface area contributed by atoms with E-state index in [4.69, 9.17) is 9.47 Å². The van der Waals surface area contributed by atoms with Crippen LogP contribution in [0.3, 0.4) is 0 Å². The number of imide groups is 1. The number of aromatic nitrogens is 1. The van der Waals surface area contributed by atoms with Crippen LogP contribution in [0.5, 0.6) is 5.75 Å². The number of amides is 3. The minimum Gasteiger partial charge on any atom is -0.508 e. The van der Waals surface area contributed by atoms with E-state index in [0.717, 1.165) is 28.0 Å². The zero-order valence-electron chi connectivity index (χ0n) is 25.7. The highest BCUT2D eigenvalue weighted by atomic mass is 32.2. The van der Waals surface area contributed by atoms with Crippen LogP contribution in [0.15, 0.2) is 82.6 Å². The summed E-state index contributed by atoms with van der Waals surface area (Å²) >= 11 is 1.89. The molecule has 3 atom stereocenters. The Morgan fingerprint density at radius 3 is 2.04 bits per heavy atom. The Balaban J connectivity index is 1.32. The van der Waals surface area contributed by atoms with Gasteiger partial charge in [-0.3, -0.25) is 23.7 Å². The van der Waals surface area contributed by atoms with Crippen LogP contribution in [0.1, 0.15) is 50.9 Å². The molecular weight excluding hydrogens is 659 g/mol. The lowest BCUT2D eigenvalue weighted by Crippen LogP contribution is -2.33. The molecule has 1 saturated heterocycles. The van der Waals surface area contributed by atoms with Crippen LogP contribution in [0.2, 0.25) is 0 Å². The molecule has 1 aromatic heterocycles. The van der Waals surface area contributed by atoms with Crippen molar-refractivity contribution in [3.63, 3.8) is 0 Å². The first-order chi connectivity index (χ1) is 23.1. The molecule has 14 heteroatoms. The third-order valence-electron chi connectivity index (χ3n) is 7.94. The van der Waals surface area contributed by atoms with Crippen molar-refractivity contribution >= 4 is 64.1 Å². The van der Waals surface area contributed by atoms with Gasteiger partial charge in [-0.2, -0.15) is 0 Å². The monoisotopic (exact) mass is 687 g/mol. The molecule has 3 heterocycles. The number of thiazole rings is 1. The number of phenols is 1. The molecule has 0 aliphatic carbocycles. The third-order valence-corrected chi connectivity index (χ3v) is 10.5. The number of carbonyl (C=O) groups is 5. The fraction of sp³-hybridized carbons (Fsp3) is 0.235. The normalized spacial score (nSPS) is 18.2. The van der Waals surface area contributed by atoms with Gasteiger partial charge in [0.25, 0.3) is 0 Å². The number of phenolic OH excluding ortho intramolecular Hbond substituents is 1. The van der Waals surface area contributed by atoms with Gasteiger partial charge in [-0.15, -0.1) is 0 Å². The third kappa shape index (κ3) is 6.00. The van der Waals surface area contributed by atoms with Crippen molar-refractivity contribution in [2.24, 2.45) is 5.92 Å². The molecule has 2 aliphatic heterocycles. The van der Waals surface area contributed by atoms with Gasteiger partial charge in [-0.05, 0) is 68.4 Å². The average Bonchev–Trinajstić information content (AvgIpc) is 3.52. The second-order valence-corrected chi connectivity index (χ2v) is 13.0. The maximum Gasteiger partial charge on any atom is 0.338 e. The summed E-state index contributed by atoms with van der Waals surface area (Å²) in [4.78, 5) is 79.8. The molecule has 6 rings (SSSR count). The van der Waals surface area contributed by atoms with Crippen LogP contribution in [-0.4, -0.2) is 57.8 Å². The number of benzene rings is 3. The van der Waals surface area contributed by atoms with E-state index in [1.807, 2.05) is 0 Å². The number of para-hydroxylation sites is 1. The Bertz CT molecular complexity index is 1990. The summed E-state index contributed by atoms with van der Waals surface area (Å²) in [7, 11) is 0. The number of hydrogen-bond donors (Lipinski definition) is 2. The van der Waals surface area contributed by atoms with E-state index in [9.17, 15) is 33.9 Å². The molecule has 2 aliphatic rings. The fourth-order valence-electron chi connectivity index (χ4n) is 5.80. The first-order valence-electron chi connectivity index (χ1n) is 15.0. The number of carbonyl (C=O) groups excluding carboxylic acids is 5. The Morgan fingerprint density at radius 1 is 0.833 bits per heavy atom. The molecule has 3 amide bonds. The van der Waals surface area contributed by atoms with Crippen LogP contribution in [-0.2, 0) is 30.4 Å². The summed E-state index contributed by atoms with van der Waals surface area (Å²) in [5.41, 5.74) is 1.61. The fourth-order valence-corrected chi connectivity index (χ4v) is 8.57. The second-order valence-electron chi connectivity index (χ2n) is 10.8. The number of aromatic hydroxyl groups is 1. The van der Waals surface area contributed by atoms with Gasteiger partial charge in [0.2, 0.25) is 17.7 Å². The number of nitrogens with one attached hydrogen (secondary N) is 1. The molecule has 0 spiro atoms. The van der Waals surface area contributed by atoms with E-state index in [1.54, 1.807) is 44.2 Å². The molecule has 2 N–H and O–H groups in total. The molecule has 3 aromatic carbocycles. The van der Waals surface area contributed by atoms with Crippen molar-refractivity contribution in [2.45, 2.75) is 36.6 Å². The van der Waals surface area contributed by atoms with Gasteiger partial charge in [0.1, 0.15) is 17.5 Å². The van der Waals surface area contributed by atoms with Crippen molar-refractivity contribution in [3.05, 3.63) is 104 Å². The summed E-state index contributed by atoms with van der Waals surface area (Å²) in [6, 6.07) is 18.5. The molecule has 0 bridgehead atoms. The summed E-state index contributed by atoms with van der Waals surface area (Å²) in [5.74, 6) is -4.52. The minimum atomic E-state index is -0.974. The molecule has 4 aromatic rings. The van der Waals surface area contributed by atoms with Crippen LogP contribution in [0.25, 0.3) is 0 Å². The van der Waals surface area contributed by atoms with E-state index in [1.165, 1.54) is 47.0 Å². The molecule has 0 saturated carbocycles. The molecule has 12 nitrogen and oxygen atoms in total. The highest BCUT2D eigenvalue weighted by Crippen LogP contribution is 2.55. The van der Waals surface area contributed by atoms with Gasteiger partial charge in [-0.1, -0.05) is 41.3 Å². The van der Waals surface area contributed by atoms with Gasteiger partial charge in [0.05, 0.1) is 41.0 Å². The smallest absolute Gasteiger partial charge is 0.338 e. The van der Waals surface area contributed by atoms with Crippen LogP contribution < -0.4 is 15.1 Å². The van der Waals surface area contributed by atoms with Gasteiger partial charge in [0.15, 0.2) is 0 Å². The molecule has 2 unspecified atom stereocenters. The topological polar surface area (TPSA) is 161 Å². The van der Waals surface area contributed by atoms with E-state index >= 15 is 0 Å². The number of hydrogen-bond acceptors (Lipinski definition) is 11. The predicted molar refractivity (Wildman–Crippen MR) is 178 cm³/mol. The quantitative estimate of drug-likeness (QED) is 0.191. The largest absolute Gasteiger partial charge is 0.508 e. The lowest BCUT2D eigenvalue weighted by molar-refractivity contribution is -0.122. The summed E-state index contributed by atoms with van der Waals surface area (Å²) < 4.78 is 11.3. The van der Waals surface area contributed by atoms with Gasteiger partial charge >= 0.3 is 16.8 Å². The average molecular weight is 688 g/mol. The second kappa shape index (κ2) is 13.5. The lowest BCUT2D eigenvalue weighted by atomic mass is 9.82. The number of fused-ring (bicyclic) bond motifs is 2. The van der Waals surface area contributed by atoms with E-state index in [2.05, 4.69) is 5.32 Å². The van der Waals surface area contributed by atoms with Gasteiger partial charge < -0.3 is 19.9 Å². The van der Waals surface area contributed by atoms with E-state index in [-0.39, 0.29) is 36.8 Å². The maximum absolute atomic E-state index is 14.1. The van der Waals surface area contributed by atoms with Crippen molar-refractivity contribution in [1.82, 2.24) is 4.57 Å². The van der Waals surface area contributed by atoms with Gasteiger partial charge in [0, 0.05) is 22.0 Å². The maximum atomic E-state index is 14.1. The SMILES string of the molecule is CCOC(=O)c1ccc(NC(=O)Cn2c3c(sc2=O)[C@@H](c2ccccc2O)C2C(=O)N(c4ccc(C(=O)OCC)cc4)C(=O)C2S3)cc1. The molecule has 1 fully saturated rings. The number of nitrogens with zero attached hydrogens (tertiary/aromatic N) is 2. The van der Waals surface area contributed by atoms with Crippen LogP contribution >= 0.6 is 23.1 Å². The summed E-state index contributed by atoms with van der Waals surface area (Å²) in [5, 5.41) is 13.0. The van der Waals surface area contributed by atoms with Crippen molar-refractivity contribution in [1.29, 1.82) is 0 Å². The van der Waals surface area contributed by atoms with Crippen LogP contribution in [0, 0.1) is 5.92 Å². The lowest BCUT2D eigenvalue weighted by Gasteiger charge is -2.31. The molecule has 0 radical (unpaired) electrons. The highest BCUT2D eigenvalue weighted by molar-refractivity contribution is 8.00. The Hall–Kier alpha value is -5.21. The van der Waals surface area contributed by atoms with E-state index < -0.39 is 51.6 Å². The Morgan fingerprint density at radius 2 is 1.44 bits per heavy atom. The number of esters is 2. The minimum absolute atomic E-state index is 0.104. The highest BCUT2D eigenvalue weighted by Gasteiger charge is 2.57. The van der Waals surface area contributed by atoms with Crippen molar-refractivity contribution < 1.29 is 38.6 Å². The first-order valence-corrected chi connectivity index (χ1v) is 16.7. The van der Waals surface area contributed by atoms with Crippen molar-refractivity contribution in [2.75, 3.05) is 23.4 Å².